The number of benzene rings is 1. The van der Waals surface area contributed by atoms with Gasteiger partial charge in [0.05, 0.1) is 0 Å². The van der Waals surface area contributed by atoms with Gasteiger partial charge in [-0.05, 0) is 56.0 Å². The highest BCUT2D eigenvalue weighted by Crippen LogP contribution is 2.25. The number of aryl methyl sites for hydroxylation is 2. The van der Waals surface area contributed by atoms with Crippen LogP contribution in [0.25, 0.3) is 0 Å². The smallest absolute Gasteiger partial charge is 0.359 e. The third-order valence-electron chi connectivity index (χ3n) is 5.09. The van der Waals surface area contributed by atoms with E-state index in [1.807, 2.05) is 26.0 Å². The summed E-state index contributed by atoms with van der Waals surface area (Å²) in [4.78, 5) is 38.6. The van der Waals surface area contributed by atoms with E-state index in [4.69, 9.17) is 4.74 Å². The molecule has 0 atom stereocenters. The van der Waals surface area contributed by atoms with Gasteiger partial charge >= 0.3 is 5.97 Å². The Kier molecular flexibility index (Phi) is 7.21. The molecule has 3 rings (SSSR count). The van der Waals surface area contributed by atoms with Gasteiger partial charge in [-0.25, -0.2) is 9.48 Å². The summed E-state index contributed by atoms with van der Waals surface area (Å²) in [5.41, 5.74) is 2.52. The van der Waals surface area contributed by atoms with E-state index in [1.54, 1.807) is 0 Å². The third-order valence-corrected chi connectivity index (χ3v) is 5.09. The van der Waals surface area contributed by atoms with Crippen LogP contribution in [0.3, 0.4) is 0 Å². The highest BCUT2D eigenvalue weighted by atomic mass is 16.5. The molecule has 1 amide bonds. The van der Waals surface area contributed by atoms with Crippen molar-refractivity contribution < 1.29 is 14.3 Å². The fourth-order valence-corrected chi connectivity index (χ4v) is 3.38. The van der Waals surface area contributed by atoms with E-state index in [2.05, 4.69) is 21.4 Å². The molecule has 1 saturated heterocycles. The fourth-order valence-electron chi connectivity index (χ4n) is 3.38. The lowest BCUT2D eigenvalue weighted by Gasteiger charge is -2.19. The van der Waals surface area contributed by atoms with E-state index in [0.29, 0.717) is 12.2 Å². The van der Waals surface area contributed by atoms with Crippen molar-refractivity contribution in [3.05, 3.63) is 51.9 Å². The van der Waals surface area contributed by atoms with Gasteiger partial charge in [0.2, 0.25) is 0 Å². The molecule has 1 aromatic carbocycles. The van der Waals surface area contributed by atoms with E-state index >= 15 is 0 Å². The third kappa shape index (κ3) is 5.46. The number of carbonyl (C=O) groups is 2. The Hall–Kier alpha value is -3.16. The summed E-state index contributed by atoms with van der Waals surface area (Å²) in [5.74, 6) is -1.17. The number of anilines is 2. The van der Waals surface area contributed by atoms with Gasteiger partial charge in [-0.2, -0.15) is 5.10 Å². The van der Waals surface area contributed by atoms with E-state index in [0.717, 1.165) is 37.2 Å². The highest BCUT2D eigenvalue weighted by molar-refractivity contribution is 5.95. The molecule has 8 nitrogen and oxygen atoms in total. The Bertz CT molecular complexity index is 964. The molecular weight excluding hydrogens is 384 g/mol. The first-order valence-electron chi connectivity index (χ1n) is 10.4. The van der Waals surface area contributed by atoms with Crippen molar-refractivity contribution in [1.82, 2.24) is 9.78 Å². The maximum Gasteiger partial charge on any atom is 0.359 e. The average molecular weight is 412 g/mol. The van der Waals surface area contributed by atoms with Gasteiger partial charge in [0.1, 0.15) is 0 Å². The van der Waals surface area contributed by atoms with Gasteiger partial charge in [0.25, 0.3) is 11.5 Å². The number of nitrogens with zero attached hydrogens (tertiary/aromatic N) is 3. The van der Waals surface area contributed by atoms with E-state index < -0.39 is 18.5 Å². The topological polar surface area (TPSA) is 93.5 Å². The number of ether oxygens (including phenoxy) is 1. The predicted octanol–water partition coefficient (Wildman–Crippen LogP) is 2.75. The first-order chi connectivity index (χ1) is 14.5. The van der Waals surface area contributed by atoms with Crippen LogP contribution in [0, 0.1) is 6.92 Å². The van der Waals surface area contributed by atoms with Crippen molar-refractivity contribution in [3.63, 3.8) is 0 Å². The molecule has 0 bridgehead atoms. The Balaban J connectivity index is 1.55. The molecule has 0 unspecified atom stereocenters. The SMILES string of the molecule is CCCCn1nc(C(=O)OCC(=O)Nc2ccc(N3CCCC3)cc2C)ccc1=O. The van der Waals surface area contributed by atoms with E-state index in [1.165, 1.54) is 29.7 Å². The van der Waals surface area contributed by atoms with E-state index in [9.17, 15) is 14.4 Å². The van der Waals surface area contributed by atoms with Gasteiger partial charge in [-0.15, -0.1) is 0 Å². The molecule has 8 heteroatoms. The number of esters is 1. The molecule has 0 saturated carbocycles. The summed E-state index contributed by atoms with van der Waals surface area (Å²) in [6.07, 6.45) is 4.09. The van der Waals surface area contributed by atoms with Crippen LogP contribution in [0.2, 0.25) is 0 Å². The molecule has 160 valence electrons. The predicted molar refractivity (Wildman–Crippen MR) is 115 cm³/mol. The summed E-state index contributed by atoms with van der Waals surface area (Å²) < 4.78 is 6.31. The van der Waals surface area contributed by atoms with Crippen LogP contribution >= 0.6 is 0 Å². The average Bonchev–Trinajstić information content (AvgIpc) is 3.28. The molecule has 0 spiro atoms. The monoisotopic (exact) mass is 412 g/mol. The lowest BCUT2D eigenvalue weighted by atomic mass is 10.1. The van der Waals surface area contributed by atoms with Crippen LogP contribution < -0.4 is 15.8 Å². The van der Waals surface area contributed by atoms with Crippen LogP contribution in [0.15, 0.2) is 35.1 Å². The summed E-state index contributed by atoms with van der Waals surface area (Å²) >= 11 is 0. The maximum absolute atomic E-state index is 12.2. The summed E-state index contributed by atoms with van der Waals surface area (Å²) in [5, 5.41) is 6.80. The minimum absolute atomic E-state index is 0.00431. The molecular formula is C22H28N4O4. The number of hydrogen-bond donors (Lipinski definition) is 1. The molecule has 1 aliphatic rings. The second-order valence-electron chi connectivity index (χ2n) is 7.45. The van der Waals surface area contributed by atoms with Gasteiger partial charge in [0, 0.05) is 37.1 Å². The number of nitrogens with one attached hydrogen (secondary N) is 1. The quantitative estimate of drug-likeness (QED) is 0.670. The second-order valence-corrected chi connectivity index (χ2v) is 7.45. The zero-order valence-corrected chi connectivity index (χ0v) is 17.5. The van der Waals surface area contributed by atoms with Crippen LogP contribution in [-0.2, 0) is 16.1 Å². The summed E-state index contributed by atoms with van der Waals surface area (Å²) in [7, 11) is 0. The van der Waals surface area contributed by atoms with E-state index in [-0.39, 0.29) is 11.3 Å². The normalized spacial score (nSPS) is 13.3. The number of hydrogen-bond acceptors (Lipinski definition) is 6. The van der Waals surface area contributed by atoms with Crippen molar-refractivity contribution in [2.45, 2.75) is 46.1 Å². The highest BCUT2D eigenvalue weighted by Gasteiger charge is 2.16. The number of carbonyl (C=O) groups excluding carboxylic acids is 2. The number of rotatable bonds is 8. The van der Waals surface area contributed by atoms with Crippen molar-refractivity contribution in [2.75, 3.05) is 29.9 Å². The standard InChI is InChI=1S/C22H28N4O4/c1-3-4-13-26-21(28)10-9-19(24-26)22(29)30-15-20(27)23-18-8-7-17(14-16(18)2)25-11-5-6-12-25/h7-10,14H,3-6,11-13,15H2,1-2H3,(H,23,27). The van der Waals surface area contributed by atoms with Gasteiger partial charge in [-0.1, -0.05) is 13.3 Å². The van der Waals surface area contributed by atoms with Gasteiger partial charge in [-0.3, -0.25) is 9.59 Å². The molecule has 0 aliphatic carbocycles. The summed E-state index contributed by atoms with van der Waals surface area (Å²) in [6.45, 7) is 6.06. The molecule has 30 heavy (non-hydrogen) atoms. The zero-order chi connectivity index (χ0) is 21.5. The first-order valence-corrected chi connectivity index (χ1v) is 10.4. The minimum atomic E-state index is -0.739. The molecule has 1 aromatic heterocycles. The summed E-state index contributed by atoms with van der Waals surface area (Å²) in [6, 6.07) is 8.50. The molecule has 2 aromatic rings. The lowest BCUT2D eigenvalue weighted by molar-refractivity contribution is -0.119. The molecule has 1 aliphatic heterocycles. The van der Waals surface area contributed by atoms with Crippen molar-refractivity contribution in [3.8, 4) is 0 Å². The van der Waals surface area contributed by atoms with Crippen molar-refractivity contribution >= 4 is 23.3 Å². The number of aromatic nitrogens is 2. The Morgan fingerprint density at radius 1 is 1.17 bits per heavy atom. The van der Waals surface area contributed by atoms with Crippen LogP contribution in [0.5, 0.6) is 0 Å². The number of amides is 1. The fraction of sp³-hybridized carbons (Fsp3) is 0.455. The van der Waals surface area contributed by atoms with Crippen LogP contribution in [-0.4, -0.2) is 41.4 Å². The van der Waals surface area contributed by atoms with Gasteiger partial charge < -0.3 is 15.0 Å². The largest absolute Gasteiger partial charge is 0.451 e. The van der Waals surface area contributed by atoms with Crippen molar-refractivity contribution in [2.24, 2.45) is 0 Å². The molecule has 2 heterocycles. The number of unbranched alkanes of at least 4 members (excludes halogenated alkanes) is 1. The van der Waals surface area contributed by atoms with Crippen LogP contribution in [0.1, 0.15) is 48.7 Å². The molecule has 0 radical (unpaired) electrons. The Labute approximate surface area is 175 Å². The molecule has 1 N–H and O–H groups in total. The Morgan fingerprint density at radius 3 is 2.63 bits per heavy atom. The lowest BCUT2D eigenvalue weighted by Crippen LogP contribution is -2.26. The first kappa shape index (κ1) is 21.5. The Morgan fingerprint density at radius 2 is 1.93 bits per heavy atom. The molecule has 1 fully saturated rings. The minimum Gasteiger partial charge on any atom is -0.451 e. The van der Waals surface area contributed by atoms with Crippen molar-refractivity contribution in [1.29, 1.82) is 0 Å². The zero-order valence-electron chi connectivity index (χ0n) is 17.5. The second kappa shape index (κ2) is 10.0. The van der Waals surface area contributed by atoms with Gasteiger partial charge in [0.15, 0.2) is 12.3 Å². The van der Waals surface area contributed by atoms with Crippen LogP contribution in [0.4, 0.5) is 11.4 Å². The maximum atomic E-state index is 12.2.